The fraction of sp³-hybridized carbons (Fsp3) is 0.333. The van der Waals surface area contributed by atoms with Crippen LogP contribution >= 0.6 is 0 Å². The van der Waals surface area contributed by atoms with Gasteiger partial charge in [-0.2, -0.15) is 0 Å². The summed E-state index contributed by atoms with van der Waals surface area (Å²) in [7, 11) is 0. The molecule has 77 valence electrons. The number of fused-ring (bicyclic) bond motifs is 1. The molecule has 1 nitrogen and oxygen atoms in total. The van der Waals surface area contributed by atoms with Crippen LogP contribution in [0.2, 0.25) is 0 Å². The molecular weight excluding hydrogens is 258 g/mol. The van der Waals surface area contributed by atoms with Crippen LogP contribution in [0, 0.1) is 7.43 Å². The second-order valence-corrected chi connectivity index (χ2v) is 4.44. The van der Waals surface area contributed by atoms with Crippen molar-refractivity contribution in [3.63, 3.8) is 0 Å². The Morgan fingerprint density at radius 1 is 1.27 bits per heavy atom. The summed E-state index contributed by atoms with van der Waals surface area (Å²) in [4.78, 5) is 4.39. The van der Waals surface area contributed by atoms with E-state index in [1.807, 2.05) is 12.2 Å². The third-order valence-corrected chi connectivity index (χ3v) is 2.33. The fourth-order valence-corrected chi connectivity index (χ4v) is 1.62. The van der Waals surface area contributed by atoms with Crippen LogP contribution in [0.3, 0.4) is 0 Å². The van der Waals surface area contributed by atoms with E-state index in [9.17, 15) is 0 Å². The van der Waals surface area contributed by atoms with Gasteiger partial charge in [0.05, 0.1) is 0 Å². The van der Waals surface area contributed by atoms with Crippen LogP contribution in [0.4, 0.5) is 0 Å². The minimum Gasteiger partial charge on any atom is -0.358 e. The molecule has 0 aromatic carbocycles. The number of rotatable bonds is 0. The van der Waals surface area contributed by atoms with Crippen molar-refractivity contribution in [3.05, 3.63) is 37.3 Å². The van der Waals surface area contributed by atoms with Crippen molar-refractivity contribution >= 4 is 17.7 Å². The Balaban J connectivity index is 0.000000980. The Morgan fingerprint density at radius 3 is 2.53 bits per heavy atom. The summed E-state index contributed by atoms with van der Waals surface area (Å²) in [6.07, 6.45) is 1.99. The van der Waals surface area contributed by atoms with Crippen molar-refractivity contribution in [2.75, 3.05) is 0 Å². The molecule has 2 heterocycles. The van der Waals surface area contributed by atoms with Gasteiger partial charge in [-0.3, -0.25) is 0 Å². The molecule has 0 atom stereocenters. The van der Waals surface area contributed by atoms with Crippen LogP contribution in [-0.2, 0) is 38.1 Å². The molecule has 0 aliphatic rings. The number of hydrogen-bond acceptors (Lipinski definition) is 0. The molecular formula is C12H16BNY-2. The summed E-state index contributed by atoms with van der Waals surface area (Å²) in [5.41, 5.74) is 2.63. The molecule has 2 aromatic heterocycles. The smallest absolute Gasteiger partial charge is 0 e. The Bertz CT molecular complexity index is 428. The minimum absolute atomic E-state index is 0. The third-order valence-electron chi connectivity index (χ3n) is 2.33. The van der Waals surface area contributed by atoms with Gasteiger partial charge >= 0.3 is 78.7 Å². The van der Waals surface area contributed by atoms with Crippen LogP contribution < -0.4 is 4.98 Å². The monoisotopic (exact) mass is 274 g/mol. The van der Waals surface area contributed by atoms with E-state index in [0.717, 1.165) is 5.41 Å². The number of hydrogen-bond donors (Lipinski definition) is 0. The molecule has 2 rings (SSSR count). The molecule has 0 unspecified atom stereocenters. The summed E-state index contributed by atoms with van der Waals surface area (Å²) in [6, 6.07) is 4.21. The van der Waals surface area contributed by atoms with Gasteiger partial charge < -0.3 is 7.43 Å². The Hall–Kier alpha value is 0.0588. The minimum atomic E-state index is 0. The van der Waals surface area contributed by atoms with Crippen molar-refractivity contribution in [2.45, 2.75) is 26.2 Å². The number of aromatic nitrogens is 1. The molecule has 1 radical (unpaired) electrons. The largest absolute Gasteiger partial charge is 0.358 e. The standard InChI is InChI=1S/C11H13BN.CH3.Y/c1-11(2,3)9-7-13-10-8(9)5-4-6-12-10;;/h4-7H,1-3H3;1H3;/q2*-1;. The topological polar surface area (TPSA) is 14.1 Å². The van der Waals surface area contributed by atoms with Gasteiger partial charge in [0.2, 0.25) is 0 Å². The molecule has 0 bridgehead atoms. The van der Waals surface area contributed by atoms with Crippen LogP contribution in [0.5, 0.6) is 0 Å². The van der Waals surface area contributed by atoms with E-state index >= 15 is 0 Å². The fourth-order valence-electron chi connectivity index (χ4n) is 1.62. The summed E-state index contributed by atoms with van der Waals surface area (Å²) < 4.78 is 0. The maximum atomic E-state index is 4.39. The quantitative estimate of drug-likeness (QED) is 0.674. The van der Waals surface area contributed by atoms with E-state index in [2.05, 4.69) is 44.8 Å². The average Bonchev–Trinajstić information content (AvgIpc) is 2.45. The summed E-state index contributed by atoms with van der Waals surface area (Å²) >= 11 is 0. The normalized spacial score (nSPS) is 10.3. The number of nitrogens with zero attached hydrogens (tertiary/aromatic N) is 1. The molecule has 15 heavy (non-hydrogen) atoms. The molecule has 2 aromatic rings. The first-order valence-corrected chi connectivity index (χ1v) is 4.60. The third kappa shape index (κ3) is 3.01. The Morgan fingerprint density at radius 2 is 1.93 bits per heavy atom. The summed E-state index contributed by atoms with van der Waals surface area (Å²) in [6.45, 7) is 8.72. The van der Waals surface area contributed by atoms with Gasteiger partial charge in [-0.15, -0.1) is 0 Å². The summed E-state index contributed by atoms with van der Waals surface area (Å²) in [5.74, 6) is 2.03. The van der Waals surface area contributed by atoms with Gasteiger partial charge in [0.25, 0.3) is 0 Å². The first-order chi connectivity index (χ1) is 6.09. The predicted octanol–water partition coefficient (Wildman–Crippen LogP) is 2.88. The molecule has 0 fully saturated rings. The van der Waals surface area contributed by atoms with E-state index < -0.39 is 0 Å². The van der Waals surface area contributed by atoms with Gasteiger partial charge in [-0.05, 0) is 0 Å². The average molecular weight is 274 g/mol. The second kappa shape index (κ2) is 5.41. The molecule has 0 spiro atoms. The Labute approximate surface area is 118 Å². The van der Waals surface area contributed by atoms with Gasteiger partial charge in [0.1, 0.15) is 0 Å². The van der Waals surface area contributed by atoms with Crippen LogP contribution in [0.1, 0.15) is 26.3 Å². The molecule has 0 aliphatic carbocycles. The van der Waals surface area contributed by atoms with E-state index in [4.69, 9.17) is 0 Å². The van der Waals surface area contributed by atoms with Gasteiger partial charge in [0, 0.05) is 32.7 Å². The van der Waals surface area contributed by atoms with Gasteiger partial charge in [-0.1, -0.05) is 0 Å². The van der Waals surface area contributed by atoms with Gasteiger partial charge in [-0.25, -0.2) is 0 Å². The SMILES string of the molecule is CC(C)(C)c1c[n-]c2bcccc12.[CH3-].[Y]. The van der Waals surface area contributed by atoms with E-state index in [-0.39, 0.29) is 45.6 Å². The first kappa shape index (κ1) is 15.1. The van der Waals surface area contributed by atoms with Crippen molar-refractivity contribution in [1.82, 2.24) is 4.98 Å². The van der Waals surface area contributed by atoms with Crippen molar-refractivity contribution < 1.29 is 32.7 Å². The molecule has 3 heteroatoms. The van der Waals surface area contributed by atoms with Crippen LogP contribution in [-0.4, -0.2) is 6.91 Å². The van der Waals surface area contributed by atoms with Crippen LogP contribution in [0.25, 0.3) is 10.8 Å². The van der Waals surface area contributed by atoms with Crippen molar-refractivity contribution in [3.8, 4) is 0 Å². The molecule has 0 amide bonds. The second-order valence-electron chi connectivity index (χ2n) is 4.44. The van der Waals surface area contributed by atoms with E-state index in [1.54, 1.807) is 0 Å². The maximum Gasteiger partial charge on any atom is 0 e. The molecule has 0 saturated carbocycles. The summed E-state index contributed by atoms with van der Waals surface area (Å²) in [5, 5.41) is 1.29. The van der Waals surface area contributed by atoms with Crippen molar-refractivity contribution in [1.29, 1.82) is 0 Å². The zero-order chi connectivity index (χ0) is 9.47. The van der Waals surface area contributed by atoms with Gasteiger partial charge in [0.15, 0.2) is 0 Å². The maximum absolute atomic E-state index is 4.39. The van der Waals surface area contributed by atoms with E-state index in [0.29, 0.717) is 0 Å². The van der Waals surface area contributed by atoms with Crippen molar-refractivity contribution in [2.24, 2.45) is 0 Å². The van der Waals surface area contributed by atoms with E-state index in [1.165, 1.54) is 10.9 Å². The molecule has 0 saturated heterocycles. The molecule has 0 aliphatic heterocycles. The first-order valence-electron chi connectivity index (χ1n) is 4.60. The predicted molar refractivity (Wildman–Crippen MR) is 63.7 cm³/mol. The molecule has 0 N–H and O–H groups in total. The zero-order valence-corrected chi connectivity index (χ0v) is 12.7. The van der Waals surface area contributed by atoms with Crippen LogP contribution in [0.15, 0.2) is 24.3 Å². The Kier molecular flexibility index (Phi) is 5.43. The zero-order valence-electron chi connectivity index (χ0n) is 9.91.